The predicted molar refractivity (Wildman–Crippen MR) is 78.5 cm³/mol. The molecule has 21 heavy (non-hydrogen) atoms. The normalized spacial score (nSPS) is 22.0. The number of carbonyl (C=O) groups is 2. The van der Waals surface area contributed by atoms with E-state index in [1.807, 2.05) is 6.92 Å². The maximum absolute atomic E-state index is 12.3. The van der Waals surface area contributed by atoms with Crippen molar-refractivity contribution in [3.63, 3.8) is 0 Å². The van der Waals surface area contributed by atoms with Crippen LogP contribution in [0.5, 0.6) is 0 Å². The van der Waals surface area contributed by atoms with Crippen molar-refractivity contribution in [3.8, 4) is 0 Å². The highest BCUT2D eigenvalue weighted by atomic mass is 16.5. The van der Waals surface area contributed by atoms with Crippen molar-refractivity contribution in [1.82, 2.24) is 4.90 Å². The van der Waals surface area contributed by atoms with Gasteiger partial charge in [-0.25, -0.2) is 4.79 Å². The summed E-state index contributed by atoms with van der Waals surface area (Å²) in [5.74, 6) is -0.0135. The van der Waals surface area contributed by atoms with Gasteiger partial charge in [0.25, 0.3) is 0 Å². The molecule has 114 valence electrons. The third kappa shape index (κ3) is 3.80. The molecular formula is C15H20N2O4. The van der Waals surface area contributed by atoms with Crippen molar-refractivity contribution in [2.75, 3.05) is 25.1 Å². The highest BCUT2D eigenvalue weighted by Crippen LogP contribution is 2.15. The van der Waals surface area contributed by atoms with Crippen LogP contribution in [-0.4, -0.2) is 53.7 Å². The van der Waals surface area contributed by atoms with Gasteiger partial charge in [-0.15, -0.1) is 0 Å². The number of ether oxygens (including phenoxy) is 1. The van der Waals surface area contributed by atoms with Gasteiger partial charge in [0.15, 0.2) is 5.78 Å². The molecule has 1 saturated heterocycles. The molecule has 2 atom stereocenters. The van der Waals surface area contributed by atoms with Gasteiger partial charge in [-0.1, -0.05) is 0 Å². The maximum atomic E-state index is 12.3. The average molecular weight is 292 g/mol. The summed E-state index contributed by atoms with van der Waals surface area (Å²) >= 11 is 0. The molecule has 0 bridgehead atoms. The van der Waals surface area contributed by atoms with E-state index in [1.54, 1.807) is 29.2 Å². The van der Waals surface area contributed by atoms with Gasteiger partial charge in [-0.2, -0.15) is 0 Å². The Morgan fingerprint density at radius 1 is 1.38 bits per heavy atom. The molecule has 2 rings (SSSR count). The molecular weight excluding hydrogens is 272 g/mol. The molecule has 0 aromatic heterocycles. The lowest BCUT2D eigenvalue weighted by Crippen LogP contribution is -2.53. The van der Waals surface area contributed by atoms with E-state index in [1.165, 1.54) is 6.92 Å². The number of urea groups is 1. The number of aliphatic hydroxyl groups excluding tert-OH is 1. The molecule has 2 N–H and O–H groups in total. The summed E-state index contributed by atoms with van der Waals surface area (Å²) in [7, 11) is 0. The third-order valence-electron chi connectivity index (χ3n) is 3.51. The number of nitrogens with zero attached hydrogens (tertiary/aromatic N) is 1. The first kappa shape index (κ1) is 15.5. The van der Waals surface area contributed by atoms with Crippen LogP contribution >= 0.6 is 0 Å². The first-order valence-electron chi connectivity index (χ1n) is 6.92. The van der Waals surface area contributed by atoms with Gasteiger partial charge in [0.2, 0.25) is 0 Å². The Bertz CT molecular complexity index is 515. The molecule has 1 aliphatic rings. The smallest absolute Gasteiger partial charge is 0.322 e. The van der Waals surface area contributed by atoms with Crippen LogP contribution in [0, 0.1) is 0 Å². The molecule has 6 nitrogen and oxygen atoms in total. The molecule has 0 aliphatic carbocycles. The van der Waals surface area contributed by atoms with Gasteiger partial charge < -0.3 is 20.1 Å². The van der Waals surface area contributed by atoms with E-state index >= 15 is 0 Å². The van der Waals surface area contributed by atoms with Crippen molar-refractivity contribution >= 4 is 17.5 Å². The highest BCUT2D eigenvalue weighted by molar-refractivity contribution is 5.95. The second kappa shape index (κ2) is 6.69. The van der Waals surface area contributed by atoms with Crippen molar-refractivity contribution in [2.24, 2.45) is 0 Å². The fourth-order valence-electron chi connectivity index (χ4n) is 2.19. The van der Waals surface area contributed by atoms with Crippen LogP contribution in [0.2, 0.25) is 0 Å². The van der Waals surface area contributed by atoms with Crippen molar-refractivity contribution < 1.29 is 19.4 Å². The molecule has 1 heterocycles. The van der Waals surface area contributed by atoms with Crippen LogP contribution in [0.15, 0.2) is 24.3 Å². The van der Waals surface area contributed by atoms with E-state index in [0.29, 0.717) is 24.4 Å². The fraction of sp³-hybridized carbons (Fsp3) is 0.467. The molecule has 1 aromatic rings. The monoisotopic (exact) mass is 292 g/mol. The number of benzene rings is 1. The molecule has 2 amide bonds. The number of morpholine rings is 1. The van der Waals surface area contributed by atoms with Gasteiger partial charge in [0, 0.05) is 11.3 Å². The first-order valence-corrected chi connectivity index (χ1v) is 6.92. The standard InChI is InChI=1S/C15H20N2O4/c1-10-9-21-14(8-18)7-17(10)15(20)16-13-5-3-12(4-6-13)11(2)19/h3-6,10,14,18H,7-9H2,1-2H3,(H,16,20). The Hall–Kier alpha value is -1.92. The lowest BCUT2D eigenvalue weighted by Gasteiger charge is -2.37. The van der Waals surface area contributed by atoms with Crippen molar-refractivity contribution in [2.45, 2.75) is 26.0 Å². The topological polar surface area (TPSA) is 78.9 Å². The zero-order valence-corrected chi connectivity index (χ0v) is 12.2. The number of nitrogens with one attached hydrogen (secondary N) is 1. The van der Waals surface area contributed by atoms with E-state index in [9.17, 15) is 9.59 Å². The van der Waals surface area contributed by atoms with E-state index in [-0.39, 0.29) is 30.6 Å². The van der Waals surface area contributed by atoms with Crippen LogP contribution < -0.4 is 5.32 Å². The molecule has 1 aromatic carbocycles. The second-order valence-electron chi connectivity index (χ2n) is 5.20. The molecule has 6 heteroatoms. The highest BCUT2D eigenvalue weighted by Gasteiger charge is 2.29. The number of amides is 2. The number of anilines is 1. The van der Waals surface area contributed by atoms with Gasteiger partial charge in [0.05, 0.1) is 31.9 Å². The lowest BCUT2D eigenvalue weighted by atomic mass is 10.1. The zero-order valence-electron chi connectivity index (χ0n) is 12.2. The maximum Gasteiger partial charge on any atom is 0.322 e. The van der Waals surface area contributed by atoms with Crippen LogP contribution in [0.3, 0.4) is 0 Å². The Balaban J connectivity index is 2.01. The van der Waals surface area contributed by atoms with Crippen molar-refractivity contribution in [1.29, 1.82) is 0 Å². The first-order chi connectivity index (χ1) is 10.0. The zero-order chi connectivity index (χ0) is 15.4. The number of ketones is 1. The van der Waals surface area contributed by atoms with Gasteiger partial charge >= 0.3 is 6.03 Å². The number of carbonyl (C=O) groups excluding carboxylic acids is 2. The average Bonchev–Trinajstić information content (AvgIpc) is 2.48. The number of rotatable bonds is 3. The lowest BCUT2D eigenvalue weighted by molar-refractivity contribution is -0.0611. The second-order valence-corrected chi connectivity index (χ2v) is 5.20. The summed E-state index contributed by atoms with van der Waals surface area (Å²) in [5, 5.41) is 11.9. The molecule has 0 radical (unpaired) electrons. The molecule has 0 saturated carbocycles. The van der Waals surface area contributed by atoms with E-state index < -0.39 is 0 Å². The largest absolute Gasteiger partial charge is 0.394 e. The van der Waals surface area contributed by atoms with E-state index in [4.69, 9.17) is 9.84 Å². The number of Topliss-reactive ketones (excluding diaryl/α,β-unsaturated/α-hetero) is 1. The summed E-state index contributed by atoms with van der Waals surface area (Å²) in [4.78, 5) is 25.1. The summed E-state index contributed by atoms with van der Waals surface area (Å²) in [6, 6.07) is 6.46. The quantitative estimate of drug-likeness (QED) is 0.828. The molecule has 0 spiro atoms. The van der Waals surface area contributed by atoms with E-state index in [0.717, 1.165) is 0 Å². The SMILES string of the molecule is CC(=O)c1ccc(NC(=O)N2CC(CO)OCC2C)cc1. The van der Waals surface area contributed by atoms with Gasteiger partial charge in [-0.3, -0.25) is 4.79 Å². The minimum atomic E-state index is -0.341. The number of aliphatic hydroxyl groups is 1. The Morgan fingerprint density at radius 3 is 2.62 bits per heavy atom. The number of hydrogen-bond acceptors (Lipinski definition) is 4. The van der Waals surface area contributed by atoms with E-state index in [2.05, 4.69) is 5.32 Å². The van der Waals surface area contributed by atoms with Crippen molar-refractivity contribution in [3.05, 3.63) is 29.8 Å². The van der Waals surface area contributed by atoms with Crippen LogP contribution in [0.1, 0.15) is 24.2 Å². The van der Waals surface area contributed by atoms with Crippen LogP contribution in [0.4, 0.5) is 10.5 Å². The Labute approximate surface area is 123 Å². The molecule has 1 fully saturated rings. The summed E-state index contributed by atoms with van der Waals surface area (Å²) in [6.07, 6.45) is -0.341. The minimum absolute atomic E-state index is 0.0135. The summed E-state index contributed by atoms with van der Waals surface area (Å²) in [5.41, 5.74) is 1.23. The van der Waals surface area contributed by atoms with Crippen LogP contribution in [0.25, 0.3) is 0 Å². The molecule has 1 aliphatic heterocycles. The Morgan fingerprint density at radius 2 is 2.05 bits per heavy atom. The minimum Gasteiger partial charge on any atom is -0.394 e. The fourth-order valence-corrected chi connectivity index (χ4v) is 2.19. The number of hydrogen-bond donors (Lipinski definition) is 2. The molecule has 2 unspecified atom stereocenters. The van der Waals surface area contributed by atoms with Crippen LogP contribution in [-0.2, 0) is 4.74 Å². The summed E-state index contributed by atoms with van der Waals surface area (Å²) in [6.45, 7) is 4.05. The Kier molecular flexibility index (Phi) is 4.93. The predicted octanol–water partition coefficient (Wildman–Crippen LogP) is 1.50. The third-order valence-corrected chi connectivity index (χ3v) is 3.51. The van der Waals surface area contributed by atoms with Gasteiger partial charge in [0.1, 0.15) is 0 Å². The van der Waals surface area contributed by atoms with Gasteiger partial charge in [-0.05, 0) is 38.1 Å². The summed E-state index contributed by atoms with van der Waals surface area (Å²) < 4.78 is 5.40.